The van der Waals surface area contributed by atoms with Crippen LogP contribution in [0.15, 0.2) is 12.3 Å². The van der Waals surface area contributed by atoms with Gasteiger partial charge in [0.1, 0.15) is 17.2 Å². The lowest BCUT2D eigenvalue weighted by Crippen LogP contribution is -2.51. The predicted molar refractivity (Wildman–Crippen MR) is 106 cm³/mol. The minimum absolute atomic E-state index is 0.185. The molecule has 2 fully saturated rings. The van der Waals surface area contributed by atoms with E-state index in [1.807, 2.05) is 44.9 Å². The summed E-state index contributed by atoms with van der Waals surface area (Å²) in [7, 11) is 0. The summed E-state index contributed by atoms with van der Waals surface area (Å²) in [5.41, 5.74) is -0.426. The van der Waals surface area contributed by atoms with Crippen LogP contribution >= 0.6 is 0 Å². The van der Waals surface area contributed by atoms with Gasteiger partial charge in [0.2, 0.25) is 0 Å². The number of aromatic nitrogens is 2. The van der Waals surface area contributed by atoms with Crippen LogP contribution in [0.3, 0.4) is 0 Å². The van der Waals surface area contributed by atoms with Crippen molar-refractivity contribution < 1.29 is 9.53 Å². The Morgan fingerprint density at radius 3 is 2.41 bits per heavy atom. The Hall–Kier alpha value is -1.89. The molecule has 1 amide bonds. The van der Waals surface area contributed by atoms with E-state index < -0.39 is 5.60 Å². The van der Waals surface area contributed by atoms with Gasteiger partial charge in [0.05, 0.1) is 0 Å². The second kappa shape index (κ2) is 8.42. The van der Waals surface area contributed by atoms with Crippen molar-refractivity contribution >= 4 is 11.9 Å². The normalized spacial score (nSPS) is 20.0. The van der Waals surface area contributed by atoms with Crippen LogP contribution in [0.5, 0.6) is 0 Å². The monoisotopic (exact) mass is 375 g/mol. The van der Waals surface area contributed by atoms with Gasteiger partial charge in [-0.25, -0.2) is 14.8 Å². The van der Waals surface area contributed by atoms with Crippen LogP contribution in [0.2, 0.25) is 0 Å². The minimum Gasteiger partial charge on any atom is -0.444 e. The Bertz CT molecular complexity index is 630. The van der Waals surface area contributed by atoms with E-state index in [-0.39, 0.29) is 6.09 Å². The van der Waals surface area contributed by atoms with E-state index in [1.165, 1.54) is 12.8 Å². The van der Waals surface area contributed by atoms with Gasteiger partial charge >= 0.3 is 6.09 Å². The summed E-state index contributed by atoms with van der Waals surface area (Å²) in [4.78, 5) is 27.6. The Kier molecular flexibility index (Phi) is 6.19. The summed E-state index contributed by atoms with van der Waals surface area (Å²) in [6, 6.07) is 2.00. The Morgan fingerprint density at radius 2 is 1.81 bits per heavy atom. The molecule has 7 heteroatoms. The van der Waals surface area contributed by atoms with Crippen molar-refractivity contribution in [3.8, 4) is 0 Å². The third-order valence-electron chi connectivity index (χ3n) is 5.24. The van der Waals surface area contributed by atoms with Gasteiger partial charge in [0.25, 0.3) is 0 Å². The molecule has 1 aromatic rings. The summed E-state index contributed by atoms with van der Waals surface area (Å²) in [6.45, 7) is 14.3. The summed E-state index contributed by atoms with van der Waals surface area (Å²) in [5.74, 6) is 2.60. The smallest absolute Gasteiger partial charge is 0.410 e. The molecule has 0 atom stereocenters. The minimum atomic E-state index is -0.426. The van der Waals surface area contributed by atoms with Crippen LogP contribution < -0.4 is 4.90 Å². The highest BCUT2D eigenvalue weighted by molar-refractivity contribution is 5.68. The van der Waals surface area contributed by atoms with Crippen molar-refractivity contribution in [2.75, 3.05) is 50.7 Å². The van der Waals surface area contributed by atoms with Crippen molar-refractivity contribution in [3.63, 3.8) is 0 Å². The number of piperidine rings is 1. The number of aryl methyl sites for hydroxylation is 1. The number of carbonyl (C=O) groups is 1. The van der Waals surface area contributed by atoms with Gasteiger partial charge in [-0.05, 0) is 52.5 Å². The number of hydrogen-bond acceptors (Lipinski definition) is 6. The van der Waals surface area contributed by atoms with Gasteiger partial charge in [0, 0.05) is 52.0 Å². The number of piperazine rings is 1. The fourth-order valence-electron chi connectivity index (χ4n) is 3.77. The number of nitrogens with zero attached hydrogens (tertiary/aromatic N) is 5. The van der Waals surface area contributed by atoms with Crippen LogP contribution in [-0.2, 0) is 4.74 Å². The van der Waals surface area contributed by atoms with E-state index in [0.29, 0.717) is 0 Å². The first-order valence-corrected chi connectivity index (χ1v) is 10.0. The number of ether oxygens (including phenoxy) is 1. The van der Waals surface area contributed by atoms with E-state index in [2.05, 4.69) is 19.8 Å². The molecule has 0 radical (unpaired) electrons. The van der Waals surface area contributed by atoms with Gasteiger partial charge in [-0.1, -0.05) is 0 Å². The Labute approximate surface area is 162 Å². The SMILES string of the molecule is Cc1nccc(N2CCC(CN3CCN(C(=O)OC(C)(C)C)CC3)CC2)n1. The number of carbonyl (C=O) groups excluding carboxylic acids is 1. The third-order valence-corrected chi connectivity index (χ3v) is 5.24. The molecule has 3 rings (SSSR count). The zero-order valence-electron chi connectivity index (χ0n) is 17.1. The molecule has 2 aliphatic rings. The van der Waals surface area contributed by atoms with E-state index in [4.69, 9.17) is 4.74 Å². The second-order valence-electron chi connectivity index (χ2n) is 8.66. The number of rotatable bonds is 3. The first kappa shape index (κ1) is 19.9. The molecular formula is C20H33N5O2. The average Bonchev–Trinajstić information content (AvgIpc) is 2.61. The highest BCUT2D eigenvalue weighted by atomic mass is 16.6. The molecule has 3 heterocycles. The van der Waals surface area contributed by atoms with Gasteiger partial charge in [-0.3, -0.25) is 4.90 Å². The summed E-state index contributed by atoms with van der Waals surface area (Å²) in [5, 5.41) is 0. The Balaban J connectivity index is 1.40. The first-order chi connectivity index (χ1) is 12.8. The second-order valence-corrected chi connectivity index (χ2v) is 8.66. The molecule has 2 aliphatic heterocycles. The molecule has 0 N–H and O–H groups in total. The van der Waals surface area contributed by atoms with Gasteiger partial charge in [-0.15, -0.1) is 0 Å². The van der Waals surface area contributed by atoms with Gasteiger partial charge in [0.15, 0.2) is 0 Å². The average molecular weight is 376 g/mol. The molecule has 27 heavy (non-hydrogen) atoms. The van der Waals surface area contributed by atoms with Crippen molar-refractivity contribution in [2.45, 2.75) is 46.1 Å². The van der Waals surface area contributed by atoms with Crippen molar-refractivity contribution in [3.05, 3.63) is 18.1 Å². The molecule has 1 aromatic heterocycles. The molecule has 7 nitrogen and oxygen atoms in total. The maximum Gasteiger partial charge on any atom is 0.410 e. The fourth-order valence-corrected chi connectivity index (χ4v) is 3.77. The fraction of sp³-hybridized carbons (Fsp3) is 0.750. The maximum atomic E-state index is 12.2. The summed E-state index contributed by atoms with van der Waals surface area (Å²) in [6.07, 6.45) is 4.04. The van der Waals surface area contributed by atoms with Crippen LogP contribution in [-0.4, -0.2) is 77.3 Å². The lowest BCUT2D eigenvalue weighted by atomic mass is 9.96. The lowest BCUT2D eigenvalue weighted by Gasteiger charge is -2.39. The van der Waals surface area contributed by atoms with Crippen LogP contribution in [0.4, 0.5) is 10.6 Å². The van der Waals surface area contributed by atoms with Crippen LogP contribution in [0.25, 0.3) is 0 Å². The lowest BCUT2D eigenvalue weighted by molar-refractivity contribution is 0.0130. The number of amides is 1. The number of anilines is 1. The predicted octanol–water partition coefficient (Wildman–Crippen LogP) is 2.55. The zero-order valence-corrected chi connectivity index (χ0v) is 17.1. The van der Waals surface area contributed by atoms with Crippen LogP contribution in [0.1, 0.15) is 39.4 Å². The largest absolute Gasteiger partial charge is 0.444 e. The molecule has 0 aliphatic carbocycles. The van der Waals surface area contributed by atoms with E-state index in [1.54, 1.807) is 0 Å². The molecule has 0 unspecified atom stereocenters. The van der Waals surface area contributed by atoms with Crippen molar-refractivity contribution in [2.24, 2.45) is 5.92 Å². The molecule has 2 saturated heterocycles. The molecule has 0 aromatic carbocycles. The molecular weight excluding hydrogens is 342 g/mol. The Morgan fingerprint density at radius 1 is 1.15 bits per heavy atom. The molecule has 0 bridgehead atoms. The van der Waals surface area contributed by atoms with E-state index >= 15 is 0 Å². The molecule has 150 valence electrons. The van der Waals surface area contributed by atoms with E-state index in [0.717, 1.165) is 63.4 Å². The van der Waals surface area contributed by atoms with Crippen LogP contribution in [0, 0.1) is 12.8 Å². The molecule has 0 saturated carbocycles. The summed E-state index contributed by atoms with van der Waals surface area (Å²) >= 11 is 0. The quantitative estimate of drug-likeness (QED) is 0.809. The van der Waals surface area contributed by atoms with Gasteiger partial charge < -0.3 is 14.5 Å². The van der Waals surface area contributed by atoms with Gasteiger partial charge in [-0.2, -0.15) is 0 Å². The third kappa shape index (κ3) is 5.79. The maximum absolute atomic E-state index is 12.2. The van der Waals surface area contributed by atoms with E-state index in [9.17, 15) is 4.79 Å². The highest BCUT2D eigenvalue weighted by Crippen LogP contribution is 2.23. The standard InChI is InChI=1S/C20H33N5O2/c1-16-21-8-5-18(22-16)24-9-6-17(7-10-24)15-23-11-13-25(14-12-23)19(26)27-20(2,3)4/h5,8,17H,6-7,9-15H2,1-4H3. The van der Waals surface area contributed by atoms with Crippen molar-refractivity contribution in [1.29, 1.82) is 0 Å². The molecule has 0 spiro atoms. The summed E-state index contributed by atoms with van der Waals surface area (Å²) < 4.78 is 5.48. The zero-order chi connectivity index (χ0) is 19.4. The first-order valence-electron chi connectivity index (χ1n) is 10.0. The highest BCUT2D eigenvalue weighted by Gasteiger charge is 2.28. The van der Waals surface area contributed by atoms with Crippen molar-refractivity contribution in [1.82, 2.24) is 19.8 Å². The topological polar surface area (TPSA) is 61.8 Å². The number of hydrogen-bond donors (Lipinski definition) is 0.